The van der Waals surface area contributed by atoms with Crippen LogP contribution in [0, 0.1) is 5.82 Å². The molecular formula is C17H11ClFN5O2S. The number of halogens is 2. The fraction of sp³-hybridized carbons (Fsp3) is 0.0588. The van der Waals surface area contributed by atoms with E-state index in [9.17, 15) is 12.8 Å². The Labute approximate surface area is 158 Å². The number of benzene rings is 1. The fourth-order valence-electron chi connectivity index (χ4n) is 2.67. The molecule has 3 heterocycles. The first-order valence-corrected chi connectivity index (χ1v) is 9.92. The summed E-state index contributed by atoms with van der Waals surface area (Å²) in [5, 5.41) is -0.0730. The largest absolute Gasteiger partial charge is 0.295 e. The summed E-state index contributed by atoms with van der Waals surface area (Å²) in [5.74, 6) is -0.558. The lowest BCUT2D eigenvalue weighted by Gasteiger charge is -2.07. The maximum atomic E-state index is 14.6. The minimum Gasteiger partial charge on any atom is -0.295 e. The number of imidazole rings is 1. The Bertz CT molecular complexity index is 1290. The molecule has 27 heavy (non-hydrogen) atoms. The van der Waals surface area contributed by atoms with Gasteiger partial charge in [0.05, 0.1) is 17.6 Å². The monoisotopic (exact) mass is 403 g/mol. The molecular weight excluding hydrogens is 393 g/mol. The van der Waals surface area contributed by atoms with Crippen LogP contribution in [0.4, 0.5) is 4.39 Å². The summed E-state index contributed by atoms with van der Waals surface area (Å²) in [6, 6.07) is 5.78. The van der Waals surface area contributed by atoms with E-state index in [0.717, 1.165) is 6.26 Å². The third kappa shape index (κ3) is 3.15. The number of fused-ring (bicyclic) bond motifs is 1. The molecule has 0 spiro atoms. The molecule has 0 N–H and O–H groups in total. The molecule has 0 bridgehead atoms. The molecule has 3 aromatic heterocycles. The zero-order chi connectivity index (χ0) is 19.2. The third-order valence-electron chi connectivity index (χ3n) is 3.82. The summed E-state index contributed by atoms with van der Waals surface area (Å²) < 4.78 is 39.9. The first-order chi connectivity index (χ1) is 12.8. The summed E-state index contributed by atoms with van der Waals surface area (Å²) in [7, 11) is -3.62. The van der Waals surface area contributed by atoms with Crippen LogP contribution >= 0.6 is 11.6 Å². The SMILES string of the molecule is CS(=O)(=O)c1nccc(-c2c(-c3ccc(Cl)cc3F)nc3cnccn23)n1. The van der Waals surface area contributed by atoms with Gasteiger partial charge in [-0.1, -0.05) is 11.6 Å². The molecule has 1 aromatic carbocycles. The van der Waals surface area contributed by atoms with E-state index in [4.69, 9.17) is 11.6 Å². The van der Waals surface area contributed by atoms with Crippen LogP contribution in [0.2, 0.25) is 5.02 Å². The maximum Gasteiger partial charge on any atom is 0.247 e. The van der Waals surface area contributed by atoms with Gasteiger partial charge in [-0.05, 0) is 24.3 Å². The van der Waals surface area contributed by atoms with E-state index in [1.165, 1.54) is 30.6 Å². The van der Waals surface area contributed by atoms with Gasteiger partial charge in [0.1, 0.15) is 11.5 Å². The lowest BCUT2D eigenvalue weighted by molar-refractivity contribution is 0.593. The molecule has 0 atom stereocenters. The molecule has 4 rings (SSSR count). The van der Waals surface area contributed by atoms with Crippen LogP contribution in [-0.2, 0) is 9.84 Å². The number of aromatic nitrogens is 5. The van der Waals surface area contributed by atoms with E-state index < -0.39 is 15.7 Å². The van der Waals surface area contributed by atoms with Gasteiger partial charge in [0.15, 0.2) is 5.65 Å². The van der Waals surface area contributed by atoms with E-state index in [0.29, 0.717) is 11.3 Å². The Hall–Kier alpha value is -2.91. The normalized spacial score (nSPS) is 11.8. The predicted octanol–water partition coefficient (Wildman–Crippen LogP) is 3.05. The maximum absolute atomic E-state index is 14.6. The van der Waals surface area contributed by atoms with Crippen molar-refractivity contribution in [1.29, 1.82) is 0 Å². The van der Waals surface area contributed by atoms with Crippen molar-refractivity contribution >= 4 is 27.1 Å². The Morgan fingerprint density at radius 3 is 2.70 bits per heavy atom. The minimum atomic E-state index is -3.62. The van der Waals surface area contributed by atoms with Gasteiger partial charge in [-0.3, -0.25) is 9.38 Å². The van der Waals surface area contributed by atoms with Gasteiger partial charge in [0.25, 0.3) is 0 Å². The molecule has 0 aliphatic rings. The number of hydrogen-bond acceptors (Lipinski definition) is 6. The molecule has 0 fully saturated rings. The van der Waals surface area contributed by atoms with Crippen molar-refractivity contribution < 1.29 is 12.8 Å². The number of sulfone groups is 1. The van der Waals surface area contributed by atoms with Crippen LogP contribution < -0.4 is 0 Å². The minimum absolute atomic E-state index is 0.206. The molecule has 0 amide bonds. The van der Waals surface area contributed by atoms with E-state index in [2.05, 4.69) is 19.9 Å². The second kappa shape index (κ2) is 6.36. The highest BCUT2D eigenvalue weighted by atomic mass is 35.5. The standard InChI is InChI=1S/C17H11ClFN5O2S/c1-27(25,26)17-21-5-4-13(22-17)16-15(11-3-2-10(18)8-12(11)19)23-14-9-20-6-7-24(14)16/h2-9H,1H3. The molecule has 0 saturated heterocycles. The zero-order valence-electron chi connectivity index (χ0n) is 13.8. The number of hydrogen-bond donors (Lipinski definition) is 0. The van der Waals surface area contributed by atoms with E-state index in [-0.39, 0.29) is 27.1 Å². The van der Waals surface area contributed by atoms with Crippen molar-refractivity contribution in [2.45, 2.75) is 5.16 Å². The summed E-state index contributed by atoms with van der Waals surface area (Å²) in [6.07, 6.45) is 7.04. The van der Waals surface area contributed by atoms with Crippen molar-refractivity contribution in [2.24, 2.45) is 0 Å². The average Bonchev–Trinajstić information content (AvgIpc) is 3.00. The molecule has 0 unspecified atom stereocenters. The highest BCUT2D eigenvalue weighted by Crippen LogP contribution is 2.34. The van der Waals surface area contributed by atoms with Crippen molar-refractivity contribution in [2.75, 3.05) is 6.26 Å². The van der Waals surface area contributed by atoms with Crippen molar-refractivity contribution in [3.8, 4) is 22.6 Å². The molecule has 136 valence electrons. The van der Waals surface area contributed by atoms with Gasteiger partial charge >= 0.3 is 0 Å². The van der Waals surface area contributed by atoms with Crippen LogP contribution in [-0.4, -0.2) is 39.0 Å². The quantitative estimate of drug-likeness (QED) is 0.488. The molecule has 4 aromatic rings. The van der Waals surface area contributed by atoms with Crippen LogP contribution in [0.25, 0.3) is 28.3 Å². The second-order valence-corrected chi connectivity index (χ2v) is 8.08. The Kier molecular flexibility index (Phi) is 4.12. The molecule has 7 nitrogen and oxygen atoms in total. The molecule has 0 saturated carbocycles. The third-order valence-corrected chi connectivity index (χ3v) is 4.92. The van der Waals surface area contributed by atoms with Crippen molar-refractivity contribution in [3.05, 3.63) is 59.9 Å². The van der Waals surface area contributed by atoms with Gasteiger partial charge < -0.3 is 0 Å². The molecule has 10 heteroatoms. The first kappa shape index (κ1) is 17.5. The van der Waals surface area contributed by atoms with E-state index in [1.807, 2.05) is 0 Å². The second-order valence-electron chi connectivity index (χ2n) is 5.73. The average molecular weight is 404 g/mol. The Balaban J connectivity index is 2.06. The summed E-state index contributed by atoms with van der Waals surface area (Å²) in [5.41, 5.74) is 1.65. The van der Waals surface area contributed by atoms with E-state index >= 15 is 0 Å². The van der Waals surface area contributed by atoms with Gasteiger partial charge in [-0.15, -0.1) is 0 Å². The molecule has 0 aliphatic heterocycles. The molecule has 0 aliphatic carbocycles. The summed E-state index contributed by atoms with van der Waals surface area (Å²) in [6.45, 7) is 0. The van der Waals surface area contributed by atoms with Gasteiger partial charge in [0.2, 0.25) is 15.0 Å². The van der Waals surface area contributed by atoms with Crippen LogP contribution in [0.15, 0.2) is 54.2 Å². The smallest absolute Gasteiger partial charge is 0.247 e. The highest BCUT2D eigenvalue weighted by Gasteiger charge is 2.21. The highest BCUT2D eigenvalue weighted by molar-refractivity contribution is 7.90. The number of nitrogens with zero attached hydrogens (tertiary/aromatic N) is 5. The van der Waals surface area contributed by atoms with Gasteiger partial charge in [0, 0.05) is 35.4 Å². The van der Waals surface area contributed by atoms with Crippen molar-refractivity contribution in [1.82, 2.24) is 24.3 Å². The van der Waals surface area contributed by atoms with Crippen LogP contribution in [0.3, 0.4) is 0 Å². The zero-order valence-corrected chi connectivity index (χ0v) is 15.4. The molecule has 0 radical (unpaired) electrons. The first-order valence-electron chi connectivity index (χ1n) is 7.65. The van der Waals surface area contributed by atoms with E-state index in [1.54, 1.807) is 22.9 Å². The lowest BCUT2D eigenvalue weighted by atomic mass is 10.1. The lowest BCUT2D eigenvalue weighted by Crippen LogP contribution is -2.05. The summed E-state index contributed by atoms with van der Waals surface area (Å²) >= 11 is 5.85. The van der Waals surface area contributed by atoms with Gasteiger partial charge in [-0.2, -0.15) is 0 Å². The summed E-state index contributed by atoms with van der Waals surface area (Å²) in [4.78, 5) is 16.4. The number of rotatable bonds is 3. The van der Waals surface area contributed by atoms with Crippen molar-refractivity contribution in [3.63, 3.8) is 0 Å². The Morgan fingerprint density at radius 2 is 1.96 bits per heavy atom. The van der Waals surface area contributed by atoms with Crippen LogP contribution in [0.5, 0.6) is 0 Å². The van der Waals surface area contributed by atoms with Gasteiger partial charge in [-0.25, -0.2) is 27.8 Å². The topological polar surface area (TPSA) is 90.1 Å². The predicted molar refractivity (Wildman–Crippen MR) is 97.5 cm³/mol. The fourth-order valence-corrected chi connectivity index (χ4v) is 3.35. The Morgan fingerprint density at radius 1 is 1.15 bits per heavy atom. The van der Waals surface area contributed by atoms with Crippen LogP contribution in [0.1, 0.15) is 0 Å².